The van der Waals surface area contributed by atoms with E-state index in [0.717, 1.165) is 25.0 Å². The number of likely N-dealkylation sites (tertiary alicyclic amines) is 1. The van der Waals surface area contributed by atoms with E-state index < -0.39 is 0 Å². The van der Waals surface area contributed by atoms with Crippen LogP contribution in [0.15, 0.2) is 30.3 Å². The fraction of sp³-hybridized carbons (Fsp3) is 0.632. The Morgan fingerprint density at radius 1 is 1.22 bits per heavy atom. The van der Waals surface area contributed by atoms with Gasteiger partial charge in [-0.15, -0.1) is 0 Å². The maximum Gasteiger partial charge on any atom is 0.236 e. The number of benzene rings is 1. The van der Waals surface area contributed by atoms with Crippen LogP contribution in [0, 0.1) is 5.92 Å². The average Bonchev–Trinajstić information content (AvgIpc) is 3.11. The highest BCUT2D eigenvalue weighted by Gasteiger charge is 2.29. The zero-order chi connectivity index (χ0) is 16.1. The third-order valence-corrected chi connectivity index (χ3v) is 5.35. The summed E-state index contributed by atoms with van der Waals surface area (Å²) in [4.78, 5) is 16.6. The highest BCUT2D eigenvalue weighted by molar-refractivity contribution is 5.78. The number of nitrogens with one attached hydrogen (secondary N) is 1. The highest BCUT2D eigenvalue weighted by atomic mass is 16.2. The lowest BCUT2D eigenvalue weighted by Gasteiger charge is -2.35. The molecule has 126 valence electrons. The molecule has 2 saturated heterocycles. The number of hydrogen-bond acceptors (Lipinski definition) is 3. The molecule has 1 atom stereocenters. The Labute approximate surface area is 139 Å². The molecule has 1 amide bonds. The number of carbonyl (C=O) groups is 1. The van der Waals surface area contributed by atoms with Crippen molar-refractivity contribution >= 4 is 5.91 Å². The van der Waals surface area contributed by atoms with Gasteiger partial charge in [-0.3, -0.25) is 9.69 Å². The summed E-state index contributed by atoms with van der Waals surface area (Å²) in [6.07, 6.45) is 5.12. The van der Waals surface area contributed by atoms with E-state index in [2.05, 4.69) is 22.3 Å². The van der Waals surface area contributed by atoms with Gasteiger partial charge in [0.25, 0.3) is 0 Å². The normalized spacial score (nSPS) is 23.1. The Hall–Kier alpha value is -1.39. The van der Waals surface area contributed by atoms with Crippen molar-refractivity contribution in [3.05, 3.63) is 35.9 Å². The van der Waals surface area contributed by atoms with Crippen LogP contribution < -0.4 is 5.32 Å². The molecule has 3 rings (SSSR count). The lowest BCUT2D eigenvalue weighted by atomic mass is 9.88. The van der Waals surface area contributed by atoms with E-state index in [1.165, 1.54) is 37.8 Å². The smallest absolute Gasteiger partial charge is 0.236 e. The summed E-state index contributed by atoms with van der Waals surface area (Å²) < 4.78 is 0. The number of rotatable bonds is 5. The summed E-state index contributed by atoms with van der Waals surface area (Å²) in [6.45, 7) is 4.57. The Balaban J connectivity index is 1.41. The molecule has 0 spiro atoms. The van der Waals surface area contributed by atoms with Crippen molar-refractivity contribution in [2.75, 3.05) is 33.2 Å². The van der Waals surface area contributed by atoms with Gasteiger partial charge in [-0.1, -0.05) is 30.3 Å². The van der Waals surface area contributed by atoms with Crippen LogP contribution in [0.3, 0.4) is 0 Å². The summed E-state index contributed by atoms with van der Waals surface area (Å²) in [5.41, 5.74) is 1.19. The Kier molecular flexibility index (Phi) is 5.68. The predicted molar refractivity (Wildman–Crippen MR) is 93.1 cm³/mol. The van der Waals surface area contributed by atoms with E-state index in [-0.39, 0.29) is 5.91 Å². The minimum Gasteiger partial charge on any atom is -0.340 e. The molecule has 2 fully saturated rings. The first kappa shape index (κ1) is 16.5. The van der Waals surface area contributed by atoms with E-state index in [4.69, 9.17) is 0 Å². The third-order valence-electron chi connectivity index (χ3n) is 5.35. The van der Waals surface area contributed by atoms with Crippen molar-refractivity contribution in [2.24, 2.45) is 5.92 Å². The van der Waals surface area contributed by atoms with Crippen LogP contribution in [-0.2, 0) is 11.3 Å². The van der Waals surface area contributed by atoms with Gasteiger partial charge in [0.2, 0.25) is 5.91 Å². The molecule has 23 heavy (non-hydrogen) atoms. The van der Waals surface area contributed by atoms with Gasteiger partial charge < -0.3 is 10.2 Å². The van der Waals surface area contributed by atoms with Gasteiger partial charge in [-0.2, -0.15) is 0 Å². The maximum absolute atomic E-state index is 12.4. The van der Waals surface area contributed by atoms with Gasteiger partial charge in [-0.25, -0.2) is 0 Å². The van der Waals surface area contributed by atoms with Gasteiger partial charge in [0.05, 0.1) is 6.54 Å². The molecule has 0 saturated carbocycles. The largest absolute Gasteiger partial charge is 0.340 e. The standard InChI is InChI=1S/C19H29N3O/c1-21(14-16-6-3-2-4-7-16)19(23)15-22-12-9-17(10-13-22)18-8-5-11-20-18/h2-4,6-7,17-18,20H,5,8-15H2,1H3. The maximum atomic E-state index is 12.4. The second-order valence-electron chi connectivity index (χ2n) is 7.05. The van der Waals surface area contributed by atoms with E-state index >= 15 is 0 Å². The molecule has 0 aromatic heterocycles. The monoisotopic (exact) mass is 315 g/mol. The molecule has 1 aromatic rings. The summed E-state index contributed by atoms with van der Waals surface area (Å²) in [7, 11) is 1.91. The number of carbonyl (C=O) groups excluding carboxylic acids is 1. The van der Waals surface area contributed by atoms with E-state index in [9.17, 15) is 4.79 Å². The Bertz CT molecular complexity index is 491. The van der Waals surface area contributed by atoms with Crippen LogP contribution in [0.2, 0.25) is 0 Å². The highest BCUT2D eigenvalue weighted by Crippen LogP contribution is 2.25. The molecule has 2 aliphatic rings. The molecule has 1 aromatic carbocycles. The van der Waals surface area contributed by atoms with Crippen molar-refractivity contribution in [3.8, 4) is 0 Å². The van der Waals surface area contributed by atoms with Gasteiger partial charge in [0.1, 0.15) is 0 Å². The van der Waals surface area contributed by atoms with Crippen LogP contribution in [-0.4, -0.2) is 55.0 Å². The average molecular weight is 315 g/mol. The SMILES string of the molecule is CN(Cc1ccccc1)C(=O)CN1CCC(C2CCCN2)CC1. The first-order chi connectivity index (χ1) is 11.2. The zero-order valence-corrected chi connectivity index (χ0v) is 14.2. The number of nitrogens with zero attached hydrogens (tertiary/aromatic N) is 2. The first-order valence-corrected chi connectivity index (χ1v) is 8.96. The minimum atomic E-state index is 0.228. The van der Waals surface area contributed by atoms with Crippen molar-refractivity contribution in [3.63, 3.8) is 0 Å². The van der Waals surface area contributed by atoms with Gasteiger partial charge in [0, 0.05) is 19.6 Å². The van der Waals surface area contributed by atoms with Crippen molar-refractivity contribution < 1.29 is 4.79 Å². The van der Waals surface area contributed by atoms with Crippen LogP contribution in [0.5, 0.6) is 0 Å². The molecule has 1 unspecified atom stereocenters. The molecule has 2 heterocycles. The van der Waals surface area contributed by atoms with E-state index in [1.807, 2.05) is 30.1 Å². The van der Waals surface area contributed by atoms with E-state index in [0.29, 0.717) is 13.1 Å². The number of amides is 1. The second-order valence-corrected chi connectivity index (χ2v) is 7.05. The molecule has 2 aliphatic heterocycles. The molecular formula is C19H29N3O. The summed E-state index contributed by atoms with van der Waals surface area (Å²) in [6, 6.07) is 10.9. The summed E-state index contributed by atoms with van der Waals surface area (Å²) in [5, 5.41) is 3.63. The lowest BCUT2D eigenvalue weighted by Crippen LogP contribution is -2.45. The molecule has 4 heteroatoms. The van der Waals surface area contributed by atoms with Crippen LogP contribution in [0.1, 0.15) is 31.2 Å². The zero-order valence-electron chi connectivity index (χ0n) is 14.2. The molecule has 1 N–H and O–H groups in total. The lowest BCUT2D eigenvalue weighted by molar-refractivity contribution is -0.132. The topological polar surface area (TPSA) is 35.6 Å². The van der Waals surface area contributed by atoms with Crippen LogP contribution in [0.4, 0.5) is 0 Å². The predicted octanol–water partition coefficient (Wildman–Crippen LogP) is 2.11. The fourth-order valence-corrected chi connectivity index (χ4v) is 3.88. The fourth-order valence-electron chi connectivity index (χ4n) is 3.88. The summed E-state index contributed by atoms with van der Waals surface area (Å²) in [5.74, 6) is 1.04. The number of piperidine rings is 1. The minimum absolute atomic E-state index is 0.228. The van der Waals surface area contributed by atoms with E-state index in [1.54, 1.807) is 0 Å². The quantitative estimate of drug-likeness (QED) is 0.904. The van der Waals surface area contributed by atoms with Crippen molar-refractivity contribution in [2.45, 2.75) is 38.3 Å². The second kappa shape index (κ2) is 7.93. The van der Waals surface area contributed by atoms with Gasteiger partial charge in [-0.05, 0) is 56.8 Å². The molecule has 0 bridgehead atoms. The molecular weight excluding hydrogens is 286 g/mol. The van der Waals surface area contributed by atoms with Crippen LogP contribution >= 0.6 is 0 Å². The Morgan fingerprint density at radius 2 is 1.96 bits per heavy atom. The Morgan fingerprint density at radius 3 is 2.61 bits per heavy atom. The third kappa shape index (κ3) is 4.55. The van der Waals surface area contributed by atoms with Gasteiger partial charge in [0.15, 0.2) is 0 Å². The van der Waals surface area contributed by atoms with Crippen molar-refractivity contribution in [1.82, 2.24) is 15.1 Å². The molecule has 0 radical (unpaired) electrons. The van der Waals surface area contributed by atoms with Crippen molar-refractivity contribution in [1.29, 1.82) is 0 Å². The van der Waals surface area contributed by atoms with Crippen LogP contribution in [0.25, 0.3) is 0 Å². The summed E-state index contributed by atoms with van der Waals surface area (Å²) >= 11 is 0. The molecule has 4 nitrogen and oxygen atoms in total. The number of likely N-dealkylation sites (N-methyl/N-ethyl adjacent to an activating group) is 1. The molecule has 0 aliphatic carbocycles. The van der Waals surface area contributed by atoms with Gasteiger partial charge >= 0.3 is 0 Å². The first-order valence-electron chi connectivity index (χ1n) is 8.96. The number of hydrogen-bond donors (Lipinski definition) is 1.